The number of aromatic amines is 1. The molecule has 1 saturated heterocycles. The first-order chi connectivity index (χ1) is 18.0. The maximum absolute atomic E-state index is 13.2. The summed E-state index contributed by atoms with van der Waals surface area (Å²) in [6.45, 7) is 0.451. The lowest BCUT2D eigenvalue weighted by Gasteiger charge is -2.31. The number of fused-ring (bicyclic) bond motifs is 1. The van der Waals surface area contributed by atoms with Crippen LogP contribution in [-0.2, 0) is 16.6 Å². The third kappa shape index (κ3) is 5.37. The van der Waals surface area contributed by atoms with Crippen LogP contribution in [0.5, 0.6) is 5.75 Å². The molecule has 0 spiro atoms. The molecule has 3 heterocycles. The number of nitrogens with one attached hydrogen (secondary N) is 1. The molecule has 1 atom stereocenters. The number of nitrogens with zero attached hydrogens (tertiary/aromatic N) is 5. The van der Waals surface area contributed by atoms with Gasteiger partial charge >= 0.3 is 6.36 Å². The highest BCUT2D eigenvalue weighted by molar-refractivity contribution is 7.89. The summed E-state index contributed by atoms with van der Waals surface area (Å²) in [6, 6.07) is 11.2. The average molecular weight is 569 g/mol. The van der Waals surface area contributed by atoms with Crippen molar-refractivity contribution in [3.8, 4) is 5.75 Å². The normalized spacial score (nSPS) is 17.1. The molecule has 15 heteroatoms. The number of alkyl halides is 3. The number of ether oxygens (including phenoxy) is 1. The van der Waals surface area contributed by atoms with Crippen LogP contribution in [0.1, 0.15) is 30.1 Å². The minimum Gasteiger partial charge on any atom is -0.406 e. The minimum absolute atomic E-state index is 0.0175. The number of benzene rings is 2. The first kappa shape index (κ1) is 26.1. The van der Waals surface area contributed by atoms with E-state index < -0.39 is 33.6 Å². The van der Waals surface area contributed by atoms with E-state index in [0.29, 0.717) is 23.7 Å². The van der Waals surface area contributed by atoms with Gasteiger partial charge in [-0.25, -0.2) is 18.1 Å². The maximum Gasteiger partial charge on any atom is 0.573 e. The Balaban J connectivity index is 1.40. The van der Waals surface area contributed by atoms with Crippen molar-refractivity contribution in [3.63, 3.8) is 0 Å². The van der Waals surface area contributed by atoms with Crippen molar-refractivity contribution in [3.05, 3.63) is 75.3 Å². The summed E-state index contributed by atoms with van der Waals surface area (Å²) in [5.41, 5.74) is 0.535. The number of hydrogen-bond donors (Lipinski definition) is 1. The average Bonchev–Trinajstić information content (AvgIpc) is 3.28. The van der Waals surface area contributed by atoms with E-state index in [-0.39, 0.29) is 35.7 Å². The Hall–Kier alpha value is -3.49. The van der Waals surface area contributed by atoms with E-state index in [1.807, 2.05) is 12.1 Å². The van der Waals surface area contributed by atoms with Crippen LogP contribution in [0.2, 0.25) is 5.02 Å². The predicted octanol–water partition coefficient (Wildman–Crippen LogP) is 3.68. The van der Waals surface area contributed by atoms with E-state index in [1.54, 1.807) is 12.1 Å². The molecule has 0 unspecified atom stereocenters. The zero-order valence-corrected chi connectivity index (χ0v) is 21.1. The van der Waals surface area contributed by atoms with Crippen molar-refractivity contribution in [1.82, 2.24) is 29.3 Å². The van der Waals surface area contributed by atoms with Crippen molar-refractivity contribution < 1.29 is 26.3 Å². The molecule has 0 aliphatic carbocycles. The molecule has 1 aliphatic heterocycles. The fourth-order valence-corrected chi connectivity index (χ4v) is 6.04. The van der Waals surface area contributed by atoms with Crippen molar-refractivity contribution in [1.29, 1.82) is 0 Å². The summed E-state index contributed by atoms with van der Waals surface area (Å²) in [6.07, 6.45) is -3.84. The molecule has 1 N–H and O–H groups in total. The van der Waals surface area contributed by atoms with Gasteiger partial charge in [-0.15, -0.1) is 18.3 Å². The fourth-order valence-electron chi connectivity index (χ4n) is 4.32. The molecule has 4 aromatic rings. The zero-order chi connectivity index (χ0) is 27.1. The lowest BCUT2D eigenvalue weighted by atomic mass is 9.99. The summed E-state index contributed by atoms with van der Waals surface area (Å²) in [4.78, 5) is 19.8. The van der Waals surface area contributed by atoms with Crippen LogP contribution in [0.15, 0.2) is 58.2 Å². The van der Waals surface area contributed by atoms with Crippen molar-refractivity contribution in [2.24, 2.45) is 0 Å². The van der Waals surface area contributed by atoms with E-state index in [0.717, 1.165) is 29.8 Å². The zero-order valence-electron chi connectivity index (χ0n) is 19.5. The Labute approximate surface area is 219 Å². The number of aromatic nitrogens is 5. The third-order valence-electron chi connectivity index (χ3n) is 6.14. The third-order valence-corrected chi connectivity index (χ3v) is 8.38. The number of piperidine rings is 1. The molecule has 38 heavy (non-hydrogen) atoms. The molecule has 5 rings (SSSR count). The first-order valence-electron chi connectivity index (χ1n) is 11.4. The summed E-state index contributed by atoms with van der Waals surface area (Å²) in [7, 11) is -4.03. The predicted molar refractivity (Wildman–Crippen MR) is 130 cm³/mol. The Morgan fingerprint density at radius 2 is 1.87 bits per heavy atom. The Morgan fingerprint density at radius 3 is 2.58 bits per heavy atom. The highest BCUT2D eigenvalue weighted by Gasteiger charge is 2.34. The van der Waals surface area contributed by atoms with Crippen LogP contribution in [0.25, 0.3) is 11.2 Å². The van der Waals surface area contributed by atoms with Gasteiger partial charge in [-0.1, -0.05) is 35.0 Å². The molecule has 0 amide bonds. The molecule has 2 aromatic carbocycles. The molecule has 0 bridgehead atoms. The lowest BCUT2D eigenvalue weighted by molar-refractivity contribution is -0.274. The summed E-state index contributed by atoms with van der Waals surface area (Å²) in [5.74, 6) is -0.670. The van der Waals surface area contributed by atoms with E-state index in [1.165, 1.54) is 8.99 Å². The summed E-state index contributed by atoms with van der Waals surface area (Å²) >= 11 is 6.25. The second-order valence-corrected chi connectivity index (χ2v) is 11.0. The molecule has 1 aliphatic rings. The van der Waals surface area contributed by atoms with Crippen LogP contribution in [0.4, 0.5) is 13.2 Å². The van der Waals surface area contributed by atoms with E-state index in [4.69, 9.17) is 11.6 Å². The Bertz CT molecular complexity index is 1640. The summed E-state index contributed by atoms with van der Waals surface area (Å²) < 4.78 is 70.2. The number of hydrogen-bond acceptors (Lipinski definition) is 7. The van der Waals surface area contributed by atoms with E-state index >= 15 is 0 Å². The van der Waals surface area contributed by atoms with Gasteiger partial charge < -0.3 is 9.72 Å². The molecule has 2 aromatic heterocycles. The maximum atomic E-state index is 13.2. The van der Waals surface area contributed by atoms with Crippen molar-refractivity contribution >= 4 is 32.8 Å². The molecule has 10 nitrogen and oxygen atoms in total. The molecular weight excluding hydrogens is 549 g/mol. The number of halogens is 4. The Kier molecular flexibility index (Phi) is 6.88. The quantitative estimate of drug-likeness (QED) is 0.376. The van der Waals surface area contributed by atoms with Crippen LogP contribution in [-0.4, -0.2) is 57.1 Å². The number of rotatable bonds is 6. The van der Waals surface area contributed by atoms with Crippen molar-refractivity contribution in [2.45, 2.75) is 36.6 Å². The molecule has 0 saturated carbocycles. The number of sulfonamides is 1. The molecule has 0 radical (unpaired) electrons. The van der Waals surface area contributed by atoms with Gasteiger partial charge in [0.2, 0.25) is 10.0 Å². The van der Waals surface area contributed by atoms with Gasteiger partial charge in [-0.05, 0) is 48.7 Å². The Morgan fingerprint density at radius 1 is 1.13 bits per heavy atom. The largest absolute Gasteiger partial charge is 0.573 e. The minimum atomic E-state index is -4.89. The smallest absolute Gasteiger partial charge is 0.406 e. The monoisotopic (exact) mass is 568 g/mol. The van der Waals surface area contributed by atoms with Crippen LogP contribution in [0.3, 0.4) is 0 Å². The van der Waals surface area contributed by atoms with Gasteiger partial charge in [-0.2, -0.15) is 4.31 Å². The molecule has 1 fully saturated rings. The van der Waals surface area contributed by atoms with Gasteiger partial charge in [-0.3, -0.25) is 4.79 Å². The number of H-pyrrole nitrogens is 1. The van der Waals surface area contributed by atoms with E-state index in [2.05, 4.69) is 25.0 Å². The van der Waals surface area contributed by atoms with Gasteiger partial charge in [0.1, 0.15) is 11.6 Å². The SMILES string of the molecule is O=c1[nH]c([C@@H]2CCCN(S(=O)(=O)c3ccc(OC(F)(F)F)cc3)C2)nc2c1nnn2Cc1ccccc1Cl. The van der Waals surface area contributed by atoms with Gasteiger partial charge in [0.25, 0.3) is 5.56 Å². The highest BCUT2D eigenvalue weighted by Crippen LogP contribution is 2.30. The van der Waals surface area contributed by atoms with Gasteiger partial charge in [0, 0.05) is 24.0 Å². The second-order valence-electron chi connectivity index (χ2n) is 8.68. The molecule has 200 valence electrons. The fraction of sp³-hybridized carbons (Fsp3) is 0.304. The highest BCUT2D eigenvalue weighted by atomic mass is 35.5. The second kappa shape index (κ2) is 10.0. The van der Waals surface area contributed by atoms with Crippen LogP contribution in [0, 0.1) is 0 Å². The lowest BCUT2D eigenvalue weighted by Crippen LogP contribution is -2.39. The molecular formula is C23H20ClF3N6O4S. The van der Waals surface area contributed by atoms with Crippen LogP contribution < -0.4 is 10.3 Å². The van der Waals surface area contributed by atoms with Crippen molar-refractivity contribution in [2.75, 3.05) is 13.1 Å². The summed E-state index contributed by atoms with van der Waals surface area (Å²) in [5, 5.41) is 8.49. The standard InChI is InChI=1S/C23H20ClF3N6O4S/c24-18-6-2-1-4-14(18)13-33-21-19(30-31-33)22(34)29-20(28-21)15-5-3-11-32(12-15)38(35,36)17-9-7-16(8-10-17)37-23(25,26)27/h1-2,4,6-10,15H,3,5,11-13H2,(H,28,29,34)/t15-/m1/s1. The topological polar surface area (TPSA) is 123 Å². The van der Waals surface area contributed by atoms with E-state index in [9.17, 15) is 26.4 Å². The first-order valence-corrected chi connectivity index (χ1v) is 13.3. The van der Waals surface area contributed by atoms with Gasteiger partial charge in [0.15, 0.2) is 11.2 Å². The van der Waals surface area contributed by atoms with Gasteiger partial charge in [0.05, 0.1) is 11.4 Å². The van der Waals surface area contributed by atoms with Crippen LogP contribution >= 0.6 is 11.6 Å².